The number of nitrogens with zero attached hydrogens (tertiary/aromatic N) is 2. The third-order valence-electron chi connectivity index (χ3n) is 3.18. The van der Waals surface area contributed by atoms with Gasteiger partial charge in [-0.05, 0) is 25.3 Å². The Kier molecular flexibility index (Phi) is 8.60. The quantitative estimate of drug-likeness (QED) is 0.480. The molecule has 106 valence electrons. The molecule has 1 heterocycles. The maximum absolute atomic E-state index is 10.9. The van der Waals surface area contributed by atoms with Crippen molar-refractivity contribution in [1.82, 2.24) is 9.97 Å². The highest BCUT2D eigenvalue weighted by Crippen LogP contribution is 2.10. The first-order valence-electron chi connectivity index (χ1n) is 7.14. The predicted octanol–water partition coefficient (Wildman–Crippen LogP) is 3.31. The molecule has 0 aliphatic carbocycles. The lowest BCUT2D eigenvalue weighted by Crippen LogP contribution is -1.99. The average Bonchev–Trinajstić information content (AvgIpc) is 2.46. The van der Waals surface area contributed by atoms with Gasteiger partial charge in [0.1, 0.15) is 6.33 Å². The minimum atomic E-state index is -0.0927. The molecule has 0 aliphatic heterocycles. The van der Waals surface area contributed by atoms with Crippen LogP contribution in [0, 0.1) is 0 Å². The van der Waals surface area contributed by atoms with Crippen LogP contribution in [0.5, 0.6) is 0 Å². The van der Waals surface area contributed by atoms with Crippen LogP contribution in [0.25, 0.3) is 0 Å². The van der Waals surface area contributed by atoms with Gasteiger partial charge in [0.25, 0.3) is 0 Å². The van der Waals surface area contributed by atoms with Crippen molar-refractivity contribution in [3.8, 4) is 0 Å². The van der Waals surface area contributed by atoms with Crippen molar-refractivity contribution in [2.75, 3.05) is 7.11 Å². The number of rotatable bonds is 10. The Morgan fingerprint density at radius 2 is 1.79 bits per heavy atom. The van der Waals surface area contributed by atoms with Crippen LogP contribution in [0.2, 0.25) is 0 Å². The number of esters is 1. The summed E-state index contributed by atoms with van der Waals surface area (Å²) in [4.78, 5) is 19.0. The second-order valence-electron chi connectivity index (χ2n) is 4.75. The average molecular weight is 264 g/mol. The van der Waals surface area contributed by atoms with Crippen molar-refractivity contribution in [3.63, 3.8) is 0 Å². The molecule has 0 unspecified atom stereocenters. The van der Waals surface area contributed by atoms with Crippen LogP contribution in [0.15, 0.2) is 18.6 Å². The van der Waals surface area contributed by atoms with E-state index >= 15 is 0 Å². The van der Waals surface area contributed by atoms with Crippen LogP contribution < -0.4 is 0 Å². The first-order valence-corrected chi connectivity index (χ1v) is 7.14. The van der Waals surface area contributed by atoms with Gasteiger partial charge in [-0.2, -0.15) is 0 Å². The van der Waals surface area contributed by atoms with E-state index in [1.54, 1.807) is 12.5 Å². The number of hydrogen-bond acceptors (Lipinski definition) is 4. The zero-order chi connectivity index (χ0) is 13.8. The van der Waals surface area contributed by atoms with Gasteiger partial charge >= 0.3 is 5.97 Å². The molecule has 0 bridgehead atoms. The molecular formula is C15H24N2O2. The Morgan fingerprint density at radius 1 is 1.11 bits per heavy atom. The van der Waals surface area contributed by atoms with Crippen LogP contribution in [0.1, 0.15) is 57.1 Å². The summed E-state index contributed by atoms with van der Waals surface area (Å²) in [6.45, 7) is 0. The van der Waals surface area contributed by atoms with Gasteiger partial charge in [0, 0.05) is 18.3 Å². The van der Waals surface area contributed by atoms with E-state index in [-0.39, 0.29) is 5.97 Å². The molecule has 0 aromatic carbocycles. The minimum Gasteiger partial charge on any atom is -0.469 e. The summed E-state index contributed by atoms with van der Waals surface area (Å²) in [7, 11) is 1.44. The van der Waals surface area contributed by atoms with Gasteiger partial charge in [-0.15, -0.1) is 0 Å². The van der Waals surface area contributed by atoms with Gasteiger partial charge in [-0.1, -0.05) is 32.1 Å². The molecule has 19 heavy (non-hydrogen) atoms. The standard InChI is InChI=1S/C15H24N2O2/c1-19-15(18)10-8-6-4-2-3-5-7-9-14-11-12-16-13-17-14/h11-13H,2-10H2,1H3. The lowest BCUT2D eigenvalue weighted by molar-refractivity contribution is -0.140. The van der Waals surface area contributed by atoms with E-state index in [0.717, 1.165) is 25.0 Å². The van der Waals surface area contributed by atoms with Gasteiger partial charge in [0.05, 0.1) is 7.11 Å². The second-order valence-corrected chi connectivity index (χ2v) is 4.75. The van der Waals surface area contributed by atoms with Crippen molar-refractivity contribution in [1.29, 1.82) is 0 Å². The fraction of sp³-hybridized carbons (Fsp3) is 0.667. The molecule has 0 spiro atoms. The van der Waals surface area contributed by atoms with Crippen LogP contribution in [0.3, 0.4) is 0 Å². The van der Waals surface area contributed by atoms with E-state index in [1.165, 1.54) is 39.2 Å². The number of carbonyl (C=O) groups is 1. The first-order chi connectivity index (χ1) is 9.33. The Bertz CT molecular complexity index is 341. The summed E-state index contributed by atoms with van der Waals surface area (Å²) < 4.78 is 4.60. The van der Waals surface area contributed by atoms with Gasteiger partial charge < -0.3 is 4.74 Å². The Balaban J connectivity index is 1.85. The van der Waals surface area contributed by atoms with E-state index in [4.69, 9.17) is 0 Å². The number of aryl methyl sites for hydroxylation is 1. The van der Waals surface area contributed by atoms with E-state index in [1.807, 2.05) is 6.07 Å². The lowest BCUT2D eigenvalue weighted by Gasteiger charge is -2.02. The number of carbonyl (C=O) groups excluding carboxylic acids is 1. The van der Waals surface area contributed by atoms with E-state index in [9.17, 15) is 4.79 Å². The van der Waals surface area contributed by atoms with Crippen molar-refractivity contribution < 1.29 is 9.53 Å². The molecule has 0 atom stereocenters. The summed E-state index contributed by atoms with van der Waals surface area (Å²) in [5, 5.41) is 0. The Labute approximate surface area is 115 Å². The van der Waals surface area contributed by atoms with Crippen LogP contribution in [0.4, 0.5) is 0 Å². The Hall–Kier alpha value is -1.45. The summed E-state index contributed by atoms with van der Waals surface area (Å²) >= 11 is 0. The van der Waals surface area contributed by atoms with Crippen molar-refractivity contribution in [3.05, 3.63) is 24.3 Å². The van der Waals surface area contributed by atoms with E-state index in [2.05, 4.69) is 14.7 Å². The van der Waals surface area contributed by atoms with Gasteiger partial charge in [0.15, 0.2) is 0 Å². The number of methoxy groups -OCH3 is 1. The number of aromatic nitrogens is 2. The normalized spacial score (nSPS) is 10.4. The highest BCUT2D eigenvalue weighted by atomic mass is 16.5. The fourth-order valence-corrected chi connectivity index (χ4v) is 2.03. The van der Waals surface area contributed by atoms with E-state index < -0.39 is 0 Å². The molecule has 0 aliphatic rings. The van der Waals surface area contributed by atoms with Crippen LogP contribution in [-0.2, 0) is 16.0 Å². The smallest absolute Gasteiger partial charge is 0.305 e. The maximum atomic E-state index is 10.9. The third-order valence-corrected chi connectivity index (χ3v) is 3.18. The predicted molar refractivity (Wildman–Crippen MR) is 74.7 cm³/mol. The van der Waals surface area contributed by atoms with Crippen molar-refractivity contribution in [2.24, 2.45) is 0 Å². The van der Waals surface area contributed by atoms with Crippen molar-refractivity contribution in [2.45, 2.75) is 57.8 Å². The molecule has 0 fully saturated rings. The van der Waals surface area contributed by atoms with Crippen molar-refractivity contribution >= 4 is 5.97 Å². The highest BCUT2D eigenvalue weighted by Gasteiger charge is 1.99. The SMILES string of the molecule is COC(=O)CCCCCCCCCc1ccncn1. The zero-order valence-electron chi connectivity index (χ0n) is 11.8. The molecule has 0 saturated carbocycles. The molecular weight excluding hydrogens is 240 g/mol. The highest BCUT2D eigenvalue weighted by molar-refractivity contribution is 5.68. The zero-order valence-corrected chi connectivity index (χ0v) is 11.8. The Morgan fingerprint density at radius 3 is 2.42 bits per heavy atom. The van der Waals surface area contributed by atoms with Crippen LogP contribution >= 0.6 is 0 Å². The number of ether oxygens (including phenoxy) is 1. The molecule has 0 radical (unpaired) electrons. The first kappa shape index (κ1) is 15.6. The van der Waals surface area contributed by atoms with Gasteiger partial charge in [-0.3, -0.25) is 4.79 Å². The largest absolute Gasteiger partial charge is 0.469 e. The molecule has 1 aromatic rings. The lowest BCUT2D eigenvalue weighted by atomic mass is 10.1. The summed E-state index contributed by atoms with van der Waals surface area (Å²) in [6, 6.07) is 1.98. The summed E-state index contributed by atoms with van der Waals surface area (Å²) in [5.74, 6) is -0.0927. The maximum Gasteiger partial charge on any atom is 0.305 e. The number of unbranched alkanes of at least 4 members (excludes halogenated alkanes) is 6. The van der Waals surface area contributed by atoms with Gasteiger partial charge in [-0.25, -0.2) is 9.97 Å². The second kappa shape index (κ2) is 10.5. The molecule has 4 nitrogen and oxygen atoms in total. The molecule has 0 amide bonds. The summed E-state index contributed by atoms with van der Waals surface area (Å²) in [6.07, 6.45) is 13.3. The molecule has 1 rings (SSSR count). The fourth-order valence-electron chi connectivity index (χ4n) is 2.03. The van der Waals surface area contributed by atoms with Gasteiger partial charge in [0.2, 0.25) is 0 Å². The molecule has 0 saturated heterocycles. The monoisotopic (exact) mass is 264 g/mol. The minimum absolute atomic E-state index is 0.0927. The molecule has 0 N–H and O–H groups in total. The molecule has 1 aromatic heterocycles. The van der Waals surface area contributed by atoms with Crippen LogP contribution in [-0.4, -0.2) is 23.0 Å². The molecule has 4 heteroatoms. The number of hydrogen-bond donors (Lipinski definition) is 0. The summed E-state index contributed by atoms with van der Waals surface area (Å²) in [5.41, 5.74) is 1.13. The topological polar surface area (TPSA) is 52.1 Å². The third kappa shape index (κ3) is 8.30. The van der Waals surface area contributed by atoms with E-state index in [0.29, 0.717) is 6.42 Å².